The van der Waals surface area contributed by atoms with Crippen molar-refractivity contribution < 1.29 is 5.11 Å². The average molecular weight is 323 g/mol. The summed E-state index contributed by atoms with van der Waals surface area (Å²) in [7, 11) is 0. The van der Waals surface area contributed by atoms with Crippen LogP contribution in [0.3, 0.4) is 0 Å². The molecule has 2 aromatic carbocycles. The topological polar surface area (TPSA) is 57.5 Å². The third-order valence-electron chi connectivity index (χ3n) is 3.42. The summed E-state index contributed by atoms with van der Waals surface area (Å²) >= 11 is 1.55. The first-order valence-corrected chi connectivity index (χ1v) is 8.06. The predicted molar refractivity (Wildman–Crippen MR) is 96.3 cm³/mol. The maximum Gasteiger partial charge on any atom is 0.204 e. The maximum atomic E-state index is 9.69. The van der Waals surface area contributed by atoms with Crippen molar-refractivity contribution in [2.24, 2.45) is 5.10 Å². The summed E-state index contributed by atoms with van der Waals surface area (Å²) < 4.78 is 0. The summed E-state index contributed by atoms with van der Waals surface area (Å²) in [6.07, 6.45) is 1.58. The van der Waals surface area contributed by atoms with Crippen LogP contribution in [0.1, 0.15) is 16.0 Å². The van der Waals surface area contributed by atoms with Gasteiger partial charge in [-0.2, -0.15) is 5.10 Å². The molecule has 4 nitrogen and oxygen atoms in total. The third-order valence-corrected chi connectivity index (χ3v) is 4.30. The van der Waals surface area contributed by atoms with Crippen LogP contribution in [0.4, 0.5) is 5.13 Å². The minimum Gasteiger partial charge on any atom is -0.507 e. The Kier molecular flexibility index (Phi) is 4.39. The fourth-order valence-electron chi connectivity index (χ4n) is 2.18. The number of phenols is 1. The maximum absolute atomic E-state index is 9.69. The van der Waals surface area contributed by atoms with Gasteiger partial charge in [0.15, 0.2) is 0 Å². The second kappa shape index (κ2) is 6.62. The lowest BCUT2D eigenvalue weighted by molar-refractivity contribution is 0.474. The van der Waals surface area contributed by atoms with Crippen molar-refractivity contribution in [3.8, 4) is 17.0 Å². The first kappa shape index (κ1) is 15.2. The number of benzene rings is 2. The Labute approximate surface area is 139 Å². The van der Waals surface area contributed by atoms with E-state index >= 15 is 0 Å². The summed E-state index contributed by atoms with van der Waals surface area (Å²) in [5.41, 5.74) is 6.88. The number of aryl methyl sites for hydroxylation is 2. The average Bonchev–Trinajstić information content (AvgIpc) is 2.91. The molecule has 0 saturated heterocycles. The molecule has 0 aliphatic heterocycles. The van der Waals surface area contributed by atoms with Crippen LogP contribution < -0.4 is 5.43 Å². The Morgan fingerprint density at radius 3 is 2.57 bits per heavy atom. The van der Waals surface area contributed by atoms with E-state index in [9.17, 15) is 5.11 Å². The molecule has 3 aromatic rings. The zero-order chi connectivity index (χ0) is 16.2. The quantitative estimate of drug-likeness (QED) is 0.546. The first-order valence-electron chi connectivity index (χ1n) is 7.25. The molecule has 0 amide bonds. The number of hydrogen-bond acceptors (Lipinski definition) is 5. The van der Waals surface area contributed by atoms with E-state index in [1.165, 1.54) is 5.56 Å². The van der Waals surface area contributed by atoms with Gasteiger partial charge in [-0.05, 0) is 26.0 Å². The van der Waals surface area contributed by atoms with E-state index in [1.807, 2.05) is 13.0 Å². The van der Waals surface area contributed by atoms with Gasteiger partial charge in [-0.15, -0.1) is 11.3 Å². The summed E-state index contributed by atoms with van der Waals surface area (Å²) in [5, 5.41) is 14.6. The Morgan fingerprint density at radius 1 is 1.09 bits per heavy atom. The standard InChI is InChI=1S/C18H17N3OS/c1-12-7-9-14(10-8-12)17-13(2)23-18(20-17)21-19-11-15-5-3-4-6-16(15)22/h3-11,22H,1-2H3,(H,20,21). The highest BCUT2D eigenvalue weighted by Crippen LogP contribution is 2.30. The molecule has 0 radical (unpaired) electrons. The highest BCUT2D eigenvalue weighted by atomic mass is 32.1. The summed E-state index contributed by atoms with van der Waals surface area (Å²) in [4.78, 5) is 5.73. The van der Waals surface area contributed by atoms with Gasteiger partial charge in [0.05, 0.1) is 11.9 Å². The number of nitrogens with zero attached hydrogens (tertiary/aromatic N) is 2. The van der Waals surface area contributed by atoms with Crippen LogP contribution in [-0.2, 0) is 0 Å². The van der Waals surface area contributed by atoms with Crippen molar-refractivity contribution in [2.45, 2.75) is 13.8 Å². The summed E-state index contributed by atoms with van der Waals surface area (Å²) in [6.45, 7) is 4.11. The SMILES string of the molecule is Cc1ccc(-c2nc(NN=Cc3ccccc3O)sc2C)cc1. The number of para-hydroxylation sites is 1. The van der Waals surface area contributed by atoms with Crippen LogP contribution in [0, 0.1) is 13.8 Å². The molecule has 5 heteroatoms. The number of rotatable bonds is 4. The Hall–Kier alpha value is -2.66. The molecule has 1 heterocycles. The summed E-state index contributed by atoms with van der Waals surface area (Å²) in [6, 6.07) is 15.4. The second-order valence-electron chi connectivity index (χ2n) is 5.22. The van der Waals surface area contributed by atoms with Gasteiger partial charge >= 0.3 is 0 Å². The van der Waals surface area contributed by atoms with Crippen LogP contribution >= 0.6 is 11.3 Å². The number of phenolic OH excluding ortho intramolecular Hbond substituents is 1. The van der Waals surface area contributed by atoms with Crippen molar-refractivity contribution in [3.63, 3.8) is 0 Å². The lowest BCUT2D eigenvalue weighted by Gasteiger charge is -1.99. The fourth-order valence-corrected chi connectivity index (χ4v) is 2.96. The molecule has 0 saturated carbocycles. The molecule has 0 spiro atoms. The van der Waals surface area contributed by atoms with Crippen LogP contribution in [0.2, 0.25) is 0 Å². The van der Waals surface area contributed by atoms with Crippen molar-refractivity contribution >= 4 is 22.7 Å². The fraction of sp³-hybridized carbons (Fsp3) is 0.111. The lowest BCUT2D eigenvalue weighted by Crippen LogP contribution is -1.90. The van der Waals surface area contributed by atoms with Crippen LogP contribution in [-0.4, -0.2) is 16.3 Å². The van der Waals surface area contributed by atoms with Crippen molar-refractivity contribution in [3.05, 3.63) is 64.5 Å². The van der Waals surface area contributed by atoms with Crippen molar-refractivity contribution in [2.75, 3.05) is 5.43 Å². The van der Waals surface area contributed by atoms with E-state index in [4.69, 9.17) is 0 Å². The second-order valence-corrected chi connectivity index (χ2v) is 6.42. The molecular weight excluding hydrogens is 306 g/mol. The van der Waals surface area contributed by atoms with Gasteiger partial charge in [-0.25, -0.2) is 4.98 Å². The molecule has 0 unspecified atom stereocenters. The number of hydrogen-bond donors (Lipinski definition) is 2. The van der Waals surface area contributed by atoms with Gasteiger partial charge < -0.3 is 5.11 Å². The summed E-state index contributed by atoms with van der Waals surface area (Å²) in [5.74, 6) is 0.203. The lowest BCUT2D eigenvalue weighted by atomic mass is 10.1. The molecule has 0 aliphatic carbocycles. The molecule has 116 valence electrons. The monoisotopic (exact) mass is 323 g/mol. The number of nitrogens with one attached hydrogen (secondary N) is 1. The molecule has 0 bridgehead atoms. The number of thiazole rings is 1. The predicted octanol–water partition coefficient (Wildman–Crippen LogP) is 4.58. The molecule has 0 atom stereocenters. The molecule has 1 aromatic heterocycles. The van der Waals surface area contributed by atoms with Gasteiger partial charge in [0.25, 0.3) is 0 Å². The number of aromatic hydroxyl groups is 1. The van der Waals surface area contributed by atoms with E-state index in [-0.39, 0.29) is 5.75 Å². The van der Waals surface area contributed by atoms with E-state index in [1.54, 1.807) is 35.8 Å². The normalized spacial score (nSPS) is 11.0. The van der Waals surface area contributed by atoms with Gasteiger partial charge in [0.2, 0.25) is 5.13 Å². The van der Waals surface area contributed by atoms with E-state index < -0.39 is 0 Å². The Balaban J connectivity index is 1.76. The van der Waals surface area contributed by atoms with E-state index in [0.717, 1.165) is 21.3 Å². The molecule has 3 rings (SSSR count). The Morgan fingerprint density at radius 2 is 1.83 bits per heavy atom. The molecule has 23 heavy (non-hydrogen) atoms. The van der Waals surface area contributed by atoms with Gasteiger partial charge in [0, 0.05) is 16.0 Å². The highest BCUT2D eigenvalue weighted by Gasteiger charge is 2.09. The van der Waals surface area contributed by atoms with Gasteiger partial charge in [-0.3, -0.25) is 5.43 Å². The molecule has 2 N–H and O–H groups in total. The third kappa shape index (κ3) is 3.57. The molecular formula is C18H17N3OS. The smallest absolute Gasteiger partial charge is 0.204 e. The Bertz CT molecular complexity index is 838. The largest absolute Gasteiger partial charge is 0.507 e. The molecule has 0 aliphatic rings. The van der Waals surface area contributed by atoms with E-state index in [0.29, 0.717) is 5.56 Å². The van der Waals surface area contributed by atoms with E-state index in [2.05, 4.69) is 46.7 Å². The minimum atomic E-state index is 0.203. The van der Waals surface area contributed by atoms with Crippen molar-refractivity contribution in [1.29, 1.82) is 0 Å². The number of hydrazone groups is 1. The zero-order valence-electron chi connectivity index (χ0n) is 12.9. The number of aromatic nitrogens is 1. The first-order chi connectivity index (χ1) is 11.1. The van der Waals surface area contributed by atoms with Crippen LogP contribution in [0.25, 0.3) is 11.3 Å². The van der Waals surface area contributed by atoms with Gasteiger partial charge in [-0.1, -0.05) is 42.0 Å². The minimum absolute atomic E-state index is 0.203. The van der Waals surface area contributed by atoms with Crippen LogP contribution in [0.15, 0.2) is 53.6 Å². The van der Waals surface area contributed by atoms with Crippen molar-refractivity contribution in [1.82, 2.24) is 4.98 Å². The highest BCUT2D eigenvalue weighted by molar-refractivity contribution is 7.15. The van der Waals surface area contributed by atoms with Crippen LogP contribution in [0.5, 0.6) is 5.75 Å². The zero-order valence-corrected chi connectivity index (χ0v) is 13.8. The van der Waals surface area contributed by atoms with Gasteiger partial charge in [0.1, 0.15) is 5.75 Å². The number of anilines is 1. The molecule has 0 fully saturated rings.